The van der Waals surface area contributed by atoms with Gasteiger partial charge in [-0.25, -0.2) is 0 Å². The summed E-state index contributed by atoms with van der Waals surface area (Å²) in [5.74, 6) is 0. The Balaban J connectivity index is 2.37. The summed E-state index contributed by atoms with van der Waals surface area (Å²) in [5.41, 5.74) is 6.69. The molecule has 2 N–H and O–H groups in total. The molecule has 0 atom stereocenters. The normalized spacial score (nSPS) is 24.4. The van der Waals surface area contributed by atoms with Crippen LogP contribution in [0.15, 0.2) is 0 Å². The molecular weight excluding hydrogens is 182 g/mol. The third-order valence-electron chi connectivity index (χ3n) is 3.85. The summed E-state index contributed by atoms with van der Waals surface area (Å²) >= 11 is 0. The molecule has 0 spiro atoms. The highest BCUT2D eigenvalue weighted by molar-refractivity contribution is 4.83. The van der Waals surface area contributed by atoms with E-state index in [-0.39, 0.29) is 5.54 Å². The Morgan fingerprint density at radius 3 is 1.60 bits per heavy atom. The number of rotatable bonds is 2. The lowest BCUT2D eigenvalue weighted by molar-refractivity contribution is 0.315. The molecule has 0 unspecified atom stereocenters. The van der Waals surface area contributed by atoms with Crippen molar-refractivity contribution in [1.82, 2.24) is 0 Å². The maximum Gasteiger partial charge on any atom is 0.0154 e. The summed E-state index contributed by atoms with van der Waals surface area (Å²) in [6.45, 7) is 2.26. The molecule has 1 saturated carbocycles. The molecule has 0 aromatic heterocycles. The van der Waals surface area contributed by atoms with Gasteiger partial charge in [-0.15, -0.1) is 0 Å². The Kier molecular flexibility index (Phi) is 6.31. The van der Waals surface area contributed by atoms with Crippen LogP contribution in [0.2, 0.25) is 0 Å². The van der Waals surface area contributed by atoms with E-state index < -0.39 is 0 Å². The van der Waals surface area contributed by atoms with Crippen LogP contribution in [0.25, 0.3) is 0 Å². The molecular formula is C14H29N. The van der Waals surface area contributed by atoms with Crippen molar-refractivity contribution in [3.8, 4) is 0 Å². The first-order valence-corrected chi connectivity index (χ1v) is 7.06. The molecule has 0 aliphatic heterocycles. The van der Waals surface area contributed by atoms with Crippen molar-refractivity contribution in [3.63, 3.8) is 0 Å². The second-order valence-electron chi connectivity index (χ2n) is 5.44. The minimum absolute atomic E-state index is 0.180. The van der Waals surface area contributed by atoms with Gasteiger partial charge in [0, 0.05) is 5.54 Å². The summed E-state index contributed by atoms with van der Waals surface area (Å²) in [4.78, 5) is 0. The van der Waals surface area contributed by atoms with E-state index in [4.69, 9.17) is 5.73 Å². The lowest BCUT2D eigenvalue weighted by atomic mass is 9.84. The summed E-state index contributed by atoms with van der Waals surface area (Å²) in [5, 5.41) is 0. The monoisotopic (exact) mass is 211 g/mol. The van der Waals surface area contributed by atoms with Gasteiger partial charge in [-0.3, -0.25) is 0 Å². The highest BCUT2D eigenvalue weighted by Gasteiger charge is 2.22. The van der Waals surface area contributed by atoms with Crippen LogP contribution in [0.1, 0.15) is 84.0 Å². The van der Waals surface area contributed by atoms with E-state index in [1.54, 1.807) is 0 Å². The first-order valence-electron chi connectivity index (χ1n) is 7.06. The largest absolute Gasteiger partial charge is 0.325 e. The number of hydrogen-bond donors (Lipinski definition) is 1. The smallest absolute Gasteiger partial charge is 0.0154 e. The first-order chi connectivity index (χ1) is 7.27. The van der Waals surface area contributed by atoms with Gasteiger partial charge in [-0.05, 0) is 19.3 Å². The molecule has 0 heterocycles. The maximum atomic E-state index is 6.51. The highest BCUT2D eigenvalue weighted by Crippen LogP contribution is 2.26. The fraction of sp³-hybridized carbons (Fsp3) is 1.00. The van der Waals surface area contributed by atoms with Crippen LogP contribution < -0.4 is 5.73 Å². The van der Waals surface area contributed by atoms with Crippen LogP contribution in [0.4, 0.5) is 0 Å². The van der Waals surface area contributed by atoms with E-state index in [9.17, 15) is 0 Å². The van der Waals surface area contributed by atoms with Crippen molar-refractivity contribution in [1.29, 1.82) is 0 Å². The van der Waals surface area contributed by atoms with Gasteiger partial charge in [0.15, 0.2) is 0 Å². The van der Waals surface area contributed by atoms with E-state index in [1.165, 1.54) is 77.0 Å². The van der Waals surface area contributed by atoms with Gasteiger partial charge < -0.3 is 5.73 Å². The minimum atomic E-state index is 0.180. The lowest BCUT2D eigenvalue weighted by Crippen LogP contribution is -2.39. The van der Waals surface area contributed by atoms with Gasteiger partial charge in [0.2, 0.25) is 0 Å². The van der Waals surface area contributed by atoms with Crippen LogP contribution in [0, 0.1) is 0 Å². The SMILES string of the molecule is CCCC1(N)CCCCCCCCCC1. The highest BCUT2D eigenvalue weighted by atomic mass is 14.7. The number of nitrogens with two attached hydrogens (primary N) is 1. The molecule has 1 nitrogen and oxygen atoms in total. The van der Waals surface area contributed by atoms with Gasteiger partial charge in [0.05, 0.1) is 0 Å². The Bertz CT molecular complexity index is 141. The first kappa shape index (κ1) is 13.0. The zero-order valence-electron chi connectivity index (χ0n) is 10.6. The molecule has 0 aromatic carbocycles. The molecule has 1 rings (SSSR count). The molecule has 15 heavy (non-hydrogen) atoms. The zero-order valence-corrected chi connectivity index (χ0v) is 10.6. The second kappa shape index (κ2) is 7.27. The molecule has 0 bridgehead atoms. The standard InChI is InChI=1S/C14H29N/c1-2-11-14(15)12-9-7-5-3-4-6-8-10-13-14/h2-13,15H2,1H3. The van der Waals surface area contributed by atoms with Crippen molar-refractivity contribution >= 4 is 0 Å². The van der Waals surface area contributed by atoms with Crippen LogP contribution in [0.5, 0.6) is 0 Å². The summed E-state index contributed by atoms with van der Waals surface area (Å²) in [6, 6.07) is 0. The fourth-order valence-electron chi connectivity index (χ4n) is 2.89. The molecule has 1 heteroatoms. The minimum Gasteiger partial charge on any atom is -0.325 e. The fourth-order valence-corrected chi connectivity index (χ4v) is 2.89. The summed E-state index contributed by atoms with van der Waals surface area (Å²) < 4.78 is 0. The average Bonchev–Trinajstić information content (AvgIpc) is 2.24. The zero-order chi connectivity index (χ0) is 11.0. The quantitative estimate of drug-likeness (QED) is 0.720. The molecule has 1 aliphatic rings. The molecule has 1 aliphatic carbocycles. The van der Waals surface area contributed by atoms with Crippen LogP contribution in [-0.2, 0) is 0 Å². The molecule has 0 saturated heterocycles. The van der Waals surface area contributed by atoms with Crippen LogP contribution >= 0.6 is 0 Å². The van der Waals surface area contributed by atoms with E-state index in [2.05, 4.69) is 6.92 Å². The van der Waals surface area contributed by atoms with Crippen molar-refractivity contribution < 1.29 is 0 Å². The summed E-state index contributed by atoms with van der Waals surface area (Å²) in [6.07, 6.45) is 16.3. The predicted octanol–water partition coefficient (Wildman–Crippen LogP) is 4.40. The summed E-state index contributed by atoms with van der Waals surface area (Å²) in [7, 11) is 0. The van der Waals surface area contributed by atoms with E-state index in [0.717, 1.165) is 0 Å². The Morgan fingerprint density at radius 2 is 1.20 bits per heavy atom. The number of hydrogen-bond acceptors (Lipinski definition) is 1. The molecule has 1 fully saturated rings. The third kappa shape index (κ3) is 5.55. The average molecular weight is 211 g/mol. The van der Waals surface area contributed by atoms with Gasteiger partial charge >= 0.3 is 0 Å². The third-order valence-corrected chi connectivity index (χ3v) is 3.85. The van der Waals surface area contributed by atoms with Gasteiger partial charge in [-0.2, -0.15) is 0 Å². The van der Waals surface area contributed by atoms with E-state index in [1.807, 2.05) is 0 Å². The van der Waals surface area contributed by atoms with Crippen LogP contribution in [0.3, 0.4) is 0 Å². The van der Waals surface area contributed by atoms with Crippen molar-refractivity contribution in [2.24, 2.45) is 5.73 Å². The van der Waals surface area contributed by atoms with E-state index >= 15 is 0 Å². The van der Waals surface area contributed by atoms with Gasteiger partial charge in [0.25, 0.3) is 0 Å². The molecule has 0 amide bonds. The molecule has 0 aromatic rings. The predicted molar refractivity (Wildman–Crippen MR) is 68.0 cm³/mol. The maximum absolute atomic E-state index is 6.51. The second-order valence-corrected chi connectivity index (χ2v) is 5.44. The van der Waals surface area contributed by atoms with Gasteiger partial charge in [-0.1, -0.05) is 64.7 Å². The van der Waals surface area contributed by atoms with Crippen LogP contribution in [-0.4, -0.2) is 5.54 Å². The molecule has 0 radical (unpaired) electrons. The Labute approximate surface area is 95.8 Å². The van der Waals surface area contributed by atoms with Crippen molar-refractivity contribution in [2.75, 3.05) is 0 Å². The van der Waals surface area contributed by atoms with Crippen molar-refractivity contribution in [2.45, 2.75) is 89.5 Å². The Morgan fingerprint density at radius 1 is 0.800 bits per heavy atom. The topological polar surface area (TPSA) is 26.0 Å². The van der Waals surface area contributed by atoms with Crippen molar-refractivity contribution in [3.05, 3.63) is 0 Å². The van der Waals surface area contributed by atoms with Gasteiger partial charge in [0.1, 0.15) is 0 Å². The molecule has 90 valence electrons. The Hall–Kier alpha value is -0.0400. The van der Waals surface area contributed by atoms with E-state index in [0.29, 0.717) is 0 Å². The lowest BCUT2D eigenvalue weighted by Gasteiger charge is -2.29.